The molecule has 14 heavy (non-hydrogen) atoms. The molecular weight excluding hydrogens is 192 g/mol. The Morgan fingerprint density at radius 1 is 1.50 bits per heavy atom. The highest BCUT2D eigenvalue weighted by Gasteiger charge is 2.03. The number of nitrogens with one attached hydrogen (secondary N) is 1. The van der Waals surface area contributed by atoms with Crippen LogP contribution in [0, 0.1) is 0 Å². The largest absolute Gasteiger partial charge is 0.309 e. The van der Waals surface area contributed by atoms with Gasteiger partial charge in [0, 0.05) is 12.2 Å². The van der Waals surface area contributed by atoms with E-state index in [-0.39, 0.29) is 0 Å². The third kappa shape index (κ3) is 4.11. The zero-order valence-corrected chi connectivity index (χ0v) is 9.68. The van der Waals surface area contributed by atoms with Crippen LogP contribution in [0.4, 0.5) is 0 Å². The molecule has 1 rings (SSSR count). The monoisotopic (exact) mass is 210 g/mol. The van der Waals surface area contributed by atoms with Crippen molar-refractivity contribution in [3.05, 3.63) is 30.1 Å². The van der Waals surface area contributed by atoms with Gasteiger partial charge < -0.3 is 5.32 Å². The molecule has 2 nitrogen and oxygen atoms in total. The Labute approximate surface area is 90.5 Å². The normalized spacial score (nSPS) is 12.7. The van der Waals surface area contributed by atoms with E-state index in [1.165, 1.54) is 12.2 Å². The Morgan fingerprint density at radius 3 is 3.00 bits per heavy atom. The standard InChI is InChI=1S/C11H18N2S/c1-10(12-8-5-9-14-2)11-6-3-4-7-13-11/h3-4,6-7,10,12H,5,8-9H2,1-2H3. The smallest absolute Gasteiger partial charge is 0.0570 e. The van der Waals surface area contributed by atoms with Crippen molar-refractivity contribution in [2.45, 2.75) is 19.4 Å². The van der Waals surface area contributed by atoms with Crippen molar-refractivity contribution in [2.24, 2.45) is 0 Å². The summed E-state index contributed by atoms with van der Waals surface area (Å²) < 4.78 is 0. The Hall–Kier alpha value is -0.540. The molecule has 1 heterocycles. The molecule has 0 fully saturated rings. The molecule has 0 saturated carbocycles. The first-order valence-electron chi connectivity index (χ1n) is 4.98. The molecule has 78 valence electrons. The van der Waals surface area contributed by atoms with Crippen LogP contribution in [0.3, 0.4) is 0 Å². The van der Waals surface area contributed by atoms with Gasteiger partial charge in [0.2, 0.25) is 0 Å². The minimum atomic E-state index is 0.359. The number of rotatable bonds is 6. The van der Waals surface area contributed by atoms with Crippen molar-refractivity contribution in [3.63, 3.8) is 0 Å². The van der Waals surface area contributed by atoms with Crippen LogP contribution in [0.1, 0.15) is 25.1 Å². The third-order valence-electron chi connectivity index (χ3n) is 2.11. The quantitative estimate of drug-likeness (QED) is 0.730. The minimum Gasteiger partial charge on any atom is -0.309 e. The van der Waals surface area contributed by atoms with Gasteiger partial charge >= 0.3 is 0 Å². The number of pyridine rings is 1. The lowest BCUT2D eigenvalue weighted by Gasteiger charge is -2.12. The molecule has 3 heteroatoms. The molecule has 1 unspecified atom stereocenters. The van der Waals surface area contributed by atoms with Gasteiger partial charge in [0.15, 0.2) is 0 Å². The molecule has 1 aromatic rings. The molecule has 0 radical (unpaired) electrons. The molecule has 0 aromatic carbocycles. The highest BCUT2D eigenvalue weighted by atomic mass is 32.2. The maximum absolute atomic E-state index is 4.31. The Morgan fingerprint density at radius 2 is 2.36 bits per heavy atom. The number of hydrogen-bond acceptors (Lipinski definition) is 3. The highest BCUT2D eigenvalue weighted by Crippen LogP contribution is 2.07. The van der Waals surface area contributed by atoms with Gasteiger partial charge in [-0.25, -0.2) is 0 Å². The van der Waals surface area contributed by atoms with E-state index in [1.807, 2.05) is 30.1 Å². The van der Waals surface area contributed by atoms with E-state index >= 15 is 0 Å². The van der Waals surface area contributed by atoms with Crippen molar-refractivity contribution in [1.29, 1.82) is 0 Å². The van der Waals surface area contributed by atoms with Crippen LogP contribution >= 0.6 is 11.8 Å². The van der Waals surface area contributed by atoms with E-state index in [9.17, 15) is 0 Å². The fourth-order valence-corrected chi connectivity index (χ4v) is 1.70. The predicted molar refractivity (Wildman–Crippen MR) is 63.7 cm³/mol. The number of hydrogen-bond donors (Lipinski definition) is 1. The van der Waals surface area contributed by atoms with Gasteiger partial charge in [-0.3, -0.25) is 4.98 Å². The van der Waals surface area contributed by atoms with Gasteiger partial charge in [0.05, 0.1) is 5.69 Å². The fourth-order valence-electron chi connectivity index (χ4n) is 1.27. The molecule has 0 aliphatic rings. The summed E-state index contributed by atoms with van der Waals surface area (Å²) in [5.41, 5.74) is 1.12. The topological polar surface area (TPSA) is 24.9 Å². The van der Waals surface area contributed by atoms with Crippen molar-refractivity contribution in [3.8, 4) is 0 Å². The van der Waals surface area contributed by atoms with Gasteiger partial charge in [0.25, 0.3) is 0 Å². The maximum Gasteiger partial charge on any atom is 0.0570 e. The zero-order valence-electron chi connectivity index (χ0n) is 8.86. The fraction of sp³-hybridized carbons (Fsp3) is 0.545. The molecule has 1 N–H and O–H groups in total. The third-order valence-corrected chi connectivity index (χ3v) is 2.80. The van der Waals surface area contributed by atoms with E-state index in [4.69, 9.17) is 0 Å². The molecule has 1 atom stereocenters. The van der Waals surface area contributed by atoms with E-state index in [0.29, 0.717) is 6.04 Å². The second kappa shape index (κ2) is 6.85. The molecular formula is C11H18N2S. The molecule has 0 amide bonds. The summed E-state index contributed by atoms with van der Waals surface area (Å²) in [7, 11) is 0. The number of nitrogens with zero attached hydrogens (tertiary/aromatic N) is 1. The molecule has 0 bridgehead atoms. The Balaban J connectivity index is 2.25. The lowest BCUT2D eigenvalue weighted by molar-refractivity contribution is 0.560. The molecule has 1 aromatic heterocycles. The SMILES string of the molecule is CSCCCNC(C)c1ccccn1. The molecule has 0 aliphatic carbocycles. The Kier molecular flexibility index (Phi) is 5.64. The van der Waals surface area contributed by atoms with Crippen LogP contribution in [0.5, 0.6) is 0 Å². The first-order chi connectivity index (χ1) is 6.84. The van der Waals surface area contributed by atoms with Gasteiger partial charge in [0.1, 0.15) is 0 Å². The second-order valence-corrected chi connectivity index (χ2v) is 4.26. The van der Waals surface area contributed by atoms with Crippen LogP contribution in [-0.4, -0.2) is 23.5 Å². The summed E-state index contributed by atoms with van der Waals surface area (Å²) in [4.78, 5) is 4.31. The Bertz CT molecular complexity index is 238. The van der Waals surface area contributed by atoms with E-state index in [2.05, 4.69) is 29.5 Å². The molecule has 0 aliphatic heterocycles. The summed E-state index contributed by atoms with van der Waals surface area (Å²) >= 11 is 1.89. The zero-order chi connectivity index (χ0) is 10.2. The van der Waals surface area contributed by atoms with Crippen LogP contribution in [0.25, 0.3) is 0 Å². The summed E-state index contributed by atoms with van der Waals surface area (Å²) in [5, 5.41) is 3.46. The van der Waals surface area contributed by atoms with Crippen molar-refractivity contribution < 1.29 is 0 Å². The van der Waals surface area contributed by atoms with Crippen molar-refractivity contribution >= 4 is 11.8 Å². The van der Waals surface area contributed by atoms with Gasteiger partial charge in [-0.2, -0.15) is 11.8 Å². The van der Waals surface area contributed by atoms with E-state index in [0.717, 1.165) is 12.2 Å². The van der Waals surface area contributed by atoms with Crippen LogP contribution in [-0.2, 0) is 0 Å². The lowest BCUT2D eigenvalue weighted by Crippen LogP contribution is -2.21. The highest BCUT2D eigenvalue weighted by molar-refractivity contribution is 7.98. The summed E-state index contributed by atoms with van der Waals surface area (Å²) in [5.74, 6) is 1.22. The van der Waals surface area contributed by atoms with E-state index < -0.39 is 0 Å². The lowest BCUT2D eigenvalue weighted by atomic mass is 10.2. The predicted octanol–water partition coefficient (Wildman–Crippen LogP) is 2.49. The van der Waals surface area contributed by atoms with Crippen LogP contribution in [0.15, 0.2) is 24.4 Å². The summed E-state index contributed by atoms with van der Waals surface area (Å²) in [6.45, 7) is 3.22. The average molecular weight is 210 g/mol. The molecule has 0 saturated heterocycles. The average Bonchev–Trinajstić information content (AvgIpc) is 2.25. The summed E-state index contributed by atoms with van der Waals surface area (Å²) in [6, 6.07) is 6.40. The van der Waals surface area contributed by atoms with Crippen molar-refractivity contribution in [1.82, 2.24) is 10.3 Å². The number of aromatic nitrogens is 1. The van der Waals surface area contributed by atoms with Crippen molar-refractivity contribution in [2.75, 3.05) is 18.6 Å². The van der Waals surface area contributed by atoms with Crippen LogP contribution < -0.4 is 5.32 Å². The first-order valence-corrected chi connectivity index (χ1v) is 6.37. The van der Waals surface area contributed by atoms with E-state index in [1.54, 1.807) is 0 Å². The van der Waals surface area contributed by atoms with Gasteiger partial charge in [-0.15, -0.1) is 0 Å². The van der Waals surface area contributed by atoms with Gasteiger partial charge in [-0.1, -0.05) is 6.07 Å². The maximum atomic E-state index is 4.31. The summed E-state index contributed by atoms with van der Waals surface area (Å²) in [6.07, 6.45) is 5.20. The van der Waals surface area contributed by atoms with Gasteiger partial charge in [-0.05, 0) is 44.0 Å². The van der Waals surface area contributed by atoms with Crippen LogP contribution in [0.2, 0.25) is 0 Å². The first kappa shape index (κ1) is 11.5. The second-order valence-electron chi connectivity index (χ2n) is 3.28. The number of thioether (sulfide) groups is 1. The minimum absolute atomic E-state index is 0.359. The molecule has 0 spiro atoms.